The van der Waals surface area contributed by atoms with Crippen LogP contribution in [0.4, 0.5) is 17.1 Å². The van der Waals surface area contributed by atoms with Gasteiger partial charge in [-0.15, -0.1) is 0 Å². The van der Waals surface area contributed by atoms with Crippen molar-refractivity contribution in [3.05, 3.63) is 113 Å². The number of nitrogens with zero attached hydrogens (tertiary/aromatic N) is 1. The first-order valence-electron chi connectivity index (χ1n) is 13.3. The molecule has 4 aromatic carbocycles. The molecule has 2 atom stereocenters. The van der Waals surface area contributed by atoms with Gasteiger partial charge in [-0.05, 0) is 75.2 Å². The van der Waals surface area contributed by atoms with Crippen LogP contribution in [0.25, 0.3) is 0 Å². The van der Waals surface area contributed by atoms with Crippen molar-refractivity contribution in [1.29, 1.82) is 0 Å². The second kappa shape index (κ2) is 9.25. The van der Waals surface area contributed by atoms with Crippen LogP contribution in [0.15, 0.2) is 84.9 Å². The number of benzene rings is 4. The van der Waals surface area contributed by atoms with Crippen molar-refractivity contribution < 1.29 is 14.3 Å². The summed E-state index contributed by atoms with van der Waals surface area (Å²) in [7, 11) is 0. The van der Waals surface area contributed by atoms with E-state index in [4.69, 9.17) is 9.47 Å². The number of esters is 1. The minimum absolute atomic E-state index is 0.323. The highest BCUT2D eigenvalue weighted by molar-refractivity contribution is 5.97. The fourth-order valence-electron chi connectivity index (χ4n) is 5.77. The molecule has 0 fully saturated rings. The number of ether oxygens (including phenoxy) is 2. The van der Waals surface area contributed by atoms with E-state index in [0.717, 1.165) is 52.3 Å². The number of aryl methyl sites for hydroxylation is 1. The molecule has 192 valence electrons. The number of fused-ring (bicyclic) bond motifs is 6. The van der Waals surface area contributed by atoms with Crippen LogP contribution < -0.4 is 15.0 Å². The maximum absolute atomic E-state index is 13.3. The fourth-order valence-corrected chi connectivity index (χ4v) is 5.77. The quantitative estimate of drug-likeness (QED) is 0.270. The fraction of sp³-hybridized carbons (Fsp3) is 0.242. The zero-order valence-corrected chi connectivity index (χ0v) is 22.2. The zero-order valence-electron chi connectivity index (χ0n) is 22.2. The average molecular weight is 505 g/mol. The molecule has 4 aromatic rings. The first kappa shape index (κ1) is 24.1. The van der Waals surface area contributed by atoms with E-state index < -0.39 is 5.60 Å². The molecule has 5 nitrogen and oxygen atoms in total. The second-order valence-corrected chi connectivity index (χ2v) is 10.1. The van der Waals surface area contributed by atoms with Crippen LogP contribution in [0.2, 0.25) is 0 Å². The van der Waals surface area contributed by atoms with Gasteiger partial charge >= 0.3 is 5.97 Å². The van der Waals surface area contributed by atoms with Crippen molar-refractivity contribution in [2.75, 3.05) is 16.8 Å². The number of anilines is 3. The highest BCUT2D eigenvalue weighted by Gasteiger charge is 2.53. The molecule has 6 rings (SSSR count). The van der Waals surface area contributed by atoms with Crippen LogP contribution >= 0.6 is 0 Å². The van der Waals surface area contributed by atoms with Crippen molar-refractivity contribution in [2.45, 2.75) is 45.8 Å². The standard InChI is InChI=1S/C33H32N2O3/c1-5-22(4)35(6-2)24-16-17-27-31(19-24)37-30-18-21(3)29(34-23-12-8-7-9-13-23)20-28(30)33(27)26-15-11-10-14-25(26)32(36)38-33/h7-20,22,34H,5-6H2,1-4H3. The molecule has 1 N–H and O–H groups in total. The Balaban J connectivity index is 1.56. The van der Waals surface area contributed by atoms with E-state index in [1.54, 1.807) is 0 Å². The maximum Gasteiger partial charge on any atom is 0.340 e. The number of nitrogens with one attached hydrogen (secondary N) is 1. The zero-order chi connectivity index (χ0) is 26.4. The second-order valence-electron chi connectivity index (χ2n) is 10.1. The molecular weight excluding hydrogens is 472 g/mol. The summed E-state index contributed by atoms with van der Waals surface area (Å²) in [6.45, 7) is 9.56. The molecule has 0 saturated carbocycles. The van der Waals surface area contributed by atoms with E-state index in [2.05, 4.69) is 62.2 Å². The minimum Gasteiger partial charge on any atom is -0.456 e. The van der Waals surface area contributed by atoms with E-state index in [0.29, 0.717) is 23.1 Å². The lowest BCUT2D eigenvalue weighted by molar-refractivity contribution is 0.0224. The minimum atomic E-state index is -1.09. The van der Waals surface area contributed by atoms with Crippen LogP contribution in [0.5, 0.6) is 11.5 Å². The summed E-state index contributed by atoms with van der Waals surface area (Å²) in [5, 5.41) is 3.54. The molecular formula is C33H32N2O3. The molecule has 2 aliphatic rings. The van der Waals surface area contributed by atoms with E-state index in [1.165, 1.54) is 0 Å². The summed E-state index contributed by atoms with van der Waals surface area (Å²) in [4.78, 5) is 15.6. The van der Waals surface area contributed by atoms with Crippen molar-refractivity contribution >= 4 is 23.0 Å². The summed E-state index contributed by atoms with van der Waals surface area (Å²) in [6.07, 6.45) is 1.04. The van der Waals surface area contributed by atoms with Gasteiger partial charge in [-0.2, -0.15) is 0 Å². The van der Waals surface area contributed by atoms with Gasteiger partial charge in [0.2, 0.25) is 0 Å². The third-order valence-electron chi connectivity index (χ3n) is 7.89. The number of rotatable bonds is 6. The van der Waals surface area contributed by atoms with Crippen molar-refractivity contribution in [2.24, 2.45) is 0 Å². The molecule has 0 saturated heterocycles. The predicted octanol–water partition coefficient (Wildman–Crippen LogP) is 7.93. The van der Waals surface area contributed by atoms with E-state index in [-0.39, 0.29) is 5.97 Å². The molecule has 0 amide bonds. The lowest BCUT2D eigenvalue weighted by atomic mass is 9.77. The average Bonchev–Trinajstić information content (AvgIpc) is 3.23. The third-order valence-corrected chi connectivity index (χ3v) is 7.89. The number of hydrogen-bond acceptors (Lipinski definition) is 5. The molecule has 5 heteroatoms. The SMILES string of the molecule is CCC(C)N(CC)c1ccc2c(c1)Oc1cc(C)c(Nc3ccccc3)cc1C21OC(=O)c2ccccc21. The van der Waals surface area contributed by atoms with Crippen LogP contribution in [-0.4, -0.2) is 18.6 Å². The Morgan fingerprint density at radius 2 is 1.61 bits per heavy atom. The summed E-state index contributed by atoms with van der Waals surface area (Å²) in [5.74, 6) is 1.09. The molecule has 1 spiro atoms. The highest BCUT2D eigenvalue weighted by Crippen LogP contribution is 2.57. The van der Waals surface area contributed by atoms with Gasteiger partial charge in [-0.25, -0.2) is 4.79 Å². The first-order valence-corrected chi connectivity index (χ1v) is 13.3. The van der Waals surface area contributed by atoms with E-state index in [9.17, 15) is 4.79 Å². The van der Waals surface area contributed by atoms with Crippen LogP contribution in [0.3, 0.4) is 0 Å². The van der Waals surface area contributed by atoms with Crippen LogP contribution in [0.1, 0.15) is 59.8 Å². The molecule has 2 aliphatic heterocycles. The Kier molecular flexibility index (Phi) is 5.87. The van der Waals surface area contributed by atoms with Crippen molar-refractivity contribution in [3.63, 3.8) is 0 Å². The Labute approximate surface area is 224 Å². The molecule has 38 heavy (non-hydrogen) atoms. The highest BCUT2D eigenvalue weighted by atomic mass is 16.6. The van der Waals surface area contributed by atoms with Gasteiger partial charge in [-0.1, -0.05) is 43.3 Å². The topological polar surface area (TPSA) is 50.8 Å². The molecule has 0 bridgehead atoms. The van der Waals surface area contributed by atoms with E-state index >= 15 is 0 Å². The van der Waals surface area contributed by atoms with Crippen molar-refractivity contribution in [1.82, 2.24) is 0 Å². The van der Waals surface area contributed by atoms with Crippen LogP contribution in [-0.2, 0) is 10.3 Å². The molecule has 2 unspecified atom stereocenters. The van der Waals surface area contributed by atoms with Gasteiger partial charge < -0.3 is 19.7 Å². The van der Waals surface area contributed by atoms with E-state index in [1.807, 2.05) is 60.7 Å². The lowest BCUT2D eigenvalue weighted by Crippen LogP contribution is -2.34. The van der Waals surface area contributed by atoms with Gasteiger partial charge in [0.05, 0.1) is 5.56 Å². The molecule has 2 heterocycles. The van der Waals surface area contributed by atoms with Gasteiger partial charge in [0, 0.05) is 52.4 Å². The smallest absolute Gasteiger partial charge is 0.340 e. The third kappa shape index (κ3) is 3.65. The van der Waals surface area contributed by atoms with Crippen molar-refractivity contribution in [3.8, 4) is 11.5 Å². The largest absolute Gasteiger partial charge is 0.456 e. The molecule has 0 radical (unpaired) electrons. The van der Waals surface area contributed by atoms with Crippen LogP contribution in [0, 0.1) is 6.92 Å². The Morgan fingerprint density at radius 3 is 2.37 bits per heavy atom. The summed E-state index contributed by atoms with van der Waals surface area (Å²) in [6, 6.07) is 28.5. The Hall–Kier alpha value is -4.25. The number of carbonyl (C=O) groups excluding carboxylic acids is 1. The summed E-state index contributed by atoms with van der Waals surface area (Å²) < 4.78 is 13.0. The van der Waals surface area contributed by atoms with Gasteiger partial charge in [0.15, 0.2) is 5.60 Å². The maximum atomic E-state index is 13.3. The van der Waals surface area contributed by atoms with Gasteiger partial charge in [-0.3, -0.25) is 0 Å². The summed E-state index contributed by atoms with van der Waals surface area (Å²) in [5.41, 5.74) is 6.04. The number of carbonyl (C=O) groups is 1. The van der Waals surface area contributed by atoms with Gasteiger partial charge in [0.1, 0.15) is 11.5 Å². The normalized spacial score (nSPS) is 17.6. The van der Waals surface area contributed by atoms with Gasteiger partial charge in [0.25, 0.3) is 0 Å². The molecule has 0 aliphatic carbocycles. The number of para-hydroxylation sites is 1. The number of hydrogen-bond donors (Lipinski definition) is 1. The summed E-state index contributed by atoms with van der Waals surface area (Å²) >= 11 is 0. The molecule has 0 aromatic heterocycles. The monoisotopic (exact) mass is 504 g/mol. The Morgan fingerprint density at radius 1 is 0.868 bits per heavy atom. The Bertz CT molecular complexity index is 1530. The predicted molar refractivity (Wildman–Crippen MR) is 152 cm³/mol. The lowest BCUT2D eigenvalue weighted by Gasteiger charge is -2.38. The first-order chi connectivity index (χ1) is 18.5.